The summed E-state index contributed by atoms with van der Waals surface area (Å²) in [4.78, 5) is 17.5. The van der Waals surface area contributed by atoms with Gasteiger partial charge in [0.25, 0.3) is 15.9 Å². The summed E-state index contributed by atoms with van der Waals surface area (Å²) < 4.78 is 32.8. The fourth-order valence-electron chi connectivity index (χ4n) is 3.35. The number of sulfonamides is 1. The summed E-state index contributed by atoms with van der Waals surface area (Å²) in [5.41, 5.74) is 0.769. The van der Waals surface area contributed by atoms with Crippen LogP contribution in [0.1, 0.15) is 60.7 Å². The molecule has 0 saturated heterocycles. The molecule has 168 valence electrons. The van der Waals surface area contributed by atoms with Crippen LogP contribution in [0, 0.1) is 5.92 Å². The van der Waals surface area contributed by atoms with E-state index in [0.29, 0.717) is 23.3 Å². The smallest absolute Gasteiger partial charge is 0.264 e. The van der Waals surface area contributed by atoms with Crippen LogP contribution in [0.4, 0.5) is 5.69 Å². The first-order chi connectivity index (χ1) is 15.3. The number of anilines is 1. The molecule has 0 bridgehead atoms. The van der Waals surface area contributed by atoms with E-state index in [9.17, 15) is 13.2 Å². The van der Waals surface area contributed by atoms with Gasteiger partial charge in [-0.1, -0.05) is 43.3 Å². The first kappa shape index (κ1) is 22.0. The quantitative estimate of drug-likeness (QED) is 0.553. The molecule has 1 atom stereocenters. The van der Waals surface area contributed by atoms with Crippen molar-refractivity contribution in [3.05, 3.63) is 71.9 Å². The molecule has 3 aromatic rings. The molecule has 8 nitrogen and oxygen atoms in total. The van der Waals surface area contributed by atoms with Crippen molar-refractivity contribution in [2.45, 2.75) is 43.5 Å². The number of amides is 1. The van der Waals surface area contributed by atoms with Gasteiger partial charge >= 0.3 is 0 Å². The lowest BCUT2D eigenvalue weighted by Gasteiger charge is -2.21. The topological polar surface area (TPSA) is 105 Å². The van der Waals surface area contributed by atoms with E-state index in [0.717, 1.165) is 12.8 Å². The van der Waals surface area contributed by atoms with E-state index < -0.39 is 22.0 Å². The lowest BCUT2D eigenvalue weighted by molar-refractivity contribution is 0.0913. The second kappa shape index (κ2) is 8.74. The highest BCUT2D eigenvalue weighted by atomic mass is 32.2. The third-order valence-corrected chi connectivity index (χ3v) is 7.28. The van der Waals surface area contributed by atoms with Crippen molar-refractivity contribution in [2.75, 3.05) is 11.4 Å². The van der Waals surface area contributed by atoms with Crippen molar-refractivity contribution in [3.8, 4) is 0 Å². The molecular formula is C23H26N4O4S. The second-order valence-electron chi connectivity index (χ2n) is 8.30. The van der Waals surface area contributed by atoms with Gasteiger partial charge in [0.05, 0.1) is 10.6 Å². The first-order valence-electron chi connectivity index (χ1n) is 10.6. The number of nitrogens with zero attached hydrogens (tertiary/aromatic N) is 3. The molecule has 1 N–H and O–H groups in total. The van der Waals surface area contributed by atoms with Crippen molar-refractivity contribution in [1.29, 1.82) is 0 Å². The van der Waals surface area contributed by atoms with Crippen LogP contribution in [0.25, 0.3) is 0 Å². The molecule has 1 amide bonds. The summed E-state index contributed by atoms with van der Waals surface area (Å²) in [5.74, 6) is 0.983. The number of rotatable bonds is 8. The monoisotopic (exact) mass is 454 g/mol. The van der Waals surface area contributed by atoms with Gasteiger partial charge in [0.1, 0.15) is 6.04 Å². The van der Waals surface area contributed by atoms with E-state index in [1.165, 1.54) is 23.5 Å². The number of para-hydroxylation sites is 1. The van der Waals surface area contributed by atoms with Gasteiger partial charge in [-0.3, -0.25) is 9.10 Å². The highest BCUT2D eigenvalue weighted by Gasteiger charge is 2.32. The van der Waals surface area contributed by atoms with Gasteiger partial charge in [-0.2, -0.15) is 4.98 Å². The zero-order chi connectivity index (χ0) is 22.9. The first-order valence-corrected chi connectivity index (χ1v) is 12.0. The van der Waals surface area contributed by atoms with Crippen LogP contribution in [0.2, 0.25) is 0 Å². The van der Waals surface area contributed by atoms with Gasteiger partial charge in [0, 0.05) is 18.5 Å². The molecule has 1 aliphatic carbocycles. The van der Waals surface area contributed by atoms with Crippen molar-refractivity contribution < 1.29 is 17.7 Å². The number of aromatic nitrogens is 2. The Hall–Kier alpha value is -3.20. The van der Waals surface area contributed by atoms with Crippen molar-refractivity contribution in [3.63, 3.8) is 0 Å². The number of carbonyl (C=O) groups excluding carboxylic acids is 1. The Labute approximate surface area is 187 Å². The van der Waals surface area contributed by atoms with Crippen molar-refractivity contribution in [2.24, 2.45) is 5.92 Å². The van der Waals surface area contributed by atoms with Crippen LogP contribution in [0.5, 0.6) is 0 Å². The van der Waals surface area contributed by atoms with Gasteiger partial charge in [-0.05, 0) is 49.1 Å². The van der Waals surface area contributed by atoms with E-state index in [1.54, 1.807) is 36.4 Å². The maximum Gasteiger partial charge on any atom is 0.264 e. The minimum atomic E-state index is -3.83. The number of hydrogen-bond donors (Lipinski definition) is 1. The average molecular weight is 455 g/mol. The SMILES string of the molecule is CC(C)C(NC(=O)c1cccc(S(=O)(=O)N(C)c2ccccc2)c1)c1nc(C2CC2)no1. The predicted molar refractivity (Wildman–Crippen MR) is 120 cm³/mol. The third kappa shape index (κ3) is 4.52. The minimum Gasteiger partial charge on any atom is -0.340 e. The average Bonchev–Trinajstić information content (AvgIpc) is 3.54. The number of carbonyl (C=O) groups is 1. The molecule has 1 aliphatic rings. The van der Waals surface area contributed by atoms with Crippen LogP contribution in [-0.2, 0) is 10.0 Å². The summed E-state index contributed by atoms with van der Waals surface area (Å²) in [7, 11) is -2.35. The normalized spacial score (nSPS) is 14.9. The number of nitrogens with one attached hydrogen (secondary N) is 1. The third-order valence-electron chi connectivity index (χ3n) is 5.49. The number of benzene rings is 2. The zero-order valence-electron chi connectivity index (χ0n) is 18.2. The van der Waals surface area contributed by atoms with Crippen LogP contribution >= 0.6 is 0 Å². The standard InChI is InChI=1S/C23H26N4O4S/c1-15(2)20(23-25-21(26-31-23)16-12-13-16)24-22(28)17-8-7-11-19(14-17)32(29,30)27(3)18-9-5-4-6-10-18/h4-11,14-16,20H,12-13H2,1-3H3,(H,24,28). The molecule has 1 saturated carbocycles. The Morgan fingerprint density at radius 2 is 1.84 bits per heavy atom. The van der Waals surface area contributed by atoms with Crippen molar-refractivity contribution >= 4 is 21.6 Å². The summed E-state index contributed by atoms with van der Waals surface area (Å²) in [6.07, 6.45) is 2.10. The summed E-state index contributed by atoms with van der Waals surface area (Å²) >= 11 is 0. The molecule has 1 aromatic heterocycles. The molecular weight excluding hydrogens is 428 g/mol. The molecule has 0 aliphatic heterocycles. The van der Waals surface area contributed by atoms with E-state index in [4.69, 9.17) is 4.52 Å². The van der Waals surface area contributed by atoms with Crippen LogP contribution in [0.15, 0.2) is 64.0 Å². The molecule has 1 fully saturated rings. The van der Waals surface area contributed by atoms with Crippen LogP contribution in [0.3, 0.4) is 0 Å². The molecule has 1 unspecified atom stereocenters. The summed E-state index contributed by atoms with van der Waals surface area (Å²) in [6, 6.07) is 14.3. The van der Waals surface area contributed by atoms with Gasteiger partial charge in [0.2, 0.25) is 5.89 Å². The Balaban J connectivity index is 1.55. The van der Waals surface area contributed by atoms with Gasteiger partial charge in [-0.15, -0.1) is 0 Å². The molecule has 0 spiro atoms. The molecule has 4 rings (SSSR count). The lowest BCUT2D eigenvalue weighted by atomic mass is 10.0. The van der Waals surface area contributed by atoms with E-state index in [2.05, 4.69) is 15.5 Å². The summed E-state index contributed by atoms with van der Waals surface area (Å²) in [5, 5.41) is 6.95. The Bertz CT molecular complexity index is 1200. The van der Waals surface area contributed by atoms with Gasteiger partial charge in [0.15, 0.2) is 5.82 Å². The zero-order valence-corrected chi connectivity index (χ0v) is 19.0. The maximum absolute atomic E-state index is 13.1. The summed E-state index contributed by atoms with van der Waals surface area (Å²) in [6.45, 7) is 3.89. The second-order valence-corrected chi connectivity index (χ2v) is 10.3. The largest absolute Gasteiger partial charge is 0.340 e. The fourth-order valence-corrected chi connectivity index (χ4v) is 4.59. The van der Waals surface area contributed by atoms with E-state index in [-0.39, 0.29) is 16.4 Å². The lowest BCUT2D eigenvalue weighted by Crippen LogP contribution is -2.32. The highest BCUT2D eigenvalue weighted by molar-refractivity contribution is 7.92. The van der Waals surface area contributed by atoms with Gasteiger partial charge < -0.3 is 9.84 Å². The Morgan fingerprint density at radius 1 is 1.12 bits per heavy atom. The minimum absolute atomic E-state index is 0.00239. The Morgan fingerprint density at radius 3 is 2.50 bits per heavy atom. The highest BCUT2D eigenvalue weighted by Crippen LogP contribution is 2.38. The predicted octanol–water partition coefficient (Wildman–Crippen LogP) is 3.90. The molecule has 2 aromatic carbocycles. The van der Waals surface area contributed by atoms with Gasteiger partial charge in [-0.25, -0.2) is 8.42 Å². The molecule has 9 heteroatoms. The van der Waals surface area contributed by atoms with E-state index >= 15 is 0 Å². The molecule has 32 heavy (non-hydrogen) atoms. The number of hydrogen-bond acceptors (Lipinski definition) is 6. The van der Waals surface area contributed by atoms with Crippen LogP contribution in [-0.4, -0.2) is 31.5 Å². The Kier molecular flexibility index (Phi) is 6.01. The maximum atomic E-state index is 13.1. The molecule has 0 radical (unpaired) electrons. The molecule has 1 heterocycles. The van der Waals surface area contributed by atoms with Crippen LogP contribution < -0.4 is 9.62 Å². The fraction of sp³-hybridized carbons (Fsp3) is 0.348. The van der Waals surface area contributed by atoms with Crippen molar-refractivity contribution in [1.82, 2.24) is 15.5 Å². The van der Waals surface area contributed by atoms with E-state index in [1.807, 2.05) is 19.9 Å².